The second kappa shape index (κ2) is 5.50. The van der Waals surface area contributed by atoms with Crippen LogP contribution in [0.5, 0.6) is 0 Å². The minimum absolute atomic E-state index is 0.449. The van der Waals surface area contributed by atoms with E-state index in [1.54, 1.807) is 7.05 Å². The predicted octanol–water partition coefficient (Wildman–Crippen LogP) is 2.53. The molecule has 0 saturated heterocycles. The molecule has 0 bridgehead atoms. The monoisotopic (exact) mass is 271 g/mol. The van der Waals surface area contributed by atoms with Crippen LogP contribution in [0.25, 0.3) is 0 Å². The first-order chi connectivity index (χ1) is 8.99. The van der Waals surface area contributed by atoms with Crippen molar-refractivity contribution in [1.82, 2.24) is 10.6 Å². The summed E-state index contributed by atoms with van der Waals surface area (Å²) in [5, 5.41) is 6.28. The zero-order valence-corrected chi connectivity index (χ0v) is 10.6. The second-order valence-corrected chi connectivity index (χ2v) is 4.54. The number of hydrogen-bond acceptors (Lipinski definition) is 1. The van der Waals surface area contributed by atoms with E-state index in [9.17, 15) is 13.2 Å². The number of alkyl halides is 3. The number of halogens is 3. The van der Waals surface area contributed by atoms with Gasteiger partial charge in [0.25, 0.3) is 0 Å². The van der Waals surface area contributed by atoms with E-state index >= 15 is 0 Å². The van der Waals surface area contributed by atoms with Crippen molar-refractivity contribution in [3.05, 3.63) is 35.4 Å². The Hall–Kier alpha value is -1.72. The minimum atomic E-state index is -4.28. The van der Waals surface area contributed by atoms with Crippen molar-refractivity contribution in [1.29, 1.82) is 0 Å². The Labute approximate surface area is 109 Å². The number of guanidine groups is 1. The SMILES string of the molecule is CN=C(NCc1ccc(C(F)(F)F)cc1)NC1CC1. The fourth-order valence-corrected chi connectivity index (χ4v) is 1.61. The van der Waals surface area contributed by atoms with Gasteiger partial charge in [-0.3, -0.25) is 4.99 Å². The molecule has 1 aromatic rings. The van der Waals surface area contributed by atoms with Crippen LogP contribution in [0, 0.1) is 0 Å². The molecule has 2 rings (SSSR count). The molecule has 2 N–H and O–H groups in total. The molecular formula is C13H16F3N3. The van der Waals surface area contributed by atoms with Gasteiger partial charge in [-0.25, -0.2) is 0 Å². The van der Waals surface area contributed by atoms with Crippen LogP contribution < -0.4 is 10.6 Å². The first-order valence-corrected chi connectivity index (χ1v) is 6.12. The number of aliphatic imine (C=N–C) groups is 1. The van der Waals surface area contributed by atoms with Gasteiger partial charge in [0.1, 0.15) is 0 Å². The fraction of sp³-hybridized carbons (Fsp3) is 0.462. The highest BCUT2D eigenvalue weighted by Crippen LogP contribution is 2.29. The summed E-state index contributed by atoms with van der Waals surface area (Å²) in [6.07, 6.45) is -2.00. The zero-order valence-electron chi connectivity index (χ0n) is 10.6. The molecule has 3 nitrogen and oxygen atoms in total. The van der Waals surface area contributed by atoms with Gasteiger partial charge in [-0.2, -0.15) is 13.2 Å². The smallest absolute Gasteiger partial charge is 0.354 e. The van der Waals surface area contributed by atoms with Crippen LogP contribution in [-0.4, -0.2) is 19.0 Å². The van der Waals surface area contributed by atoms with Crippen molar-refractivity contribution >= 4 is 5.96 Å². The lowest BCUT2D eigenvalue weighted by Crippen LogP contribution is -2.38. The third-order valence-electron chi connectivity index (χ3n) is 2.88. The molecule has 1 saturated carbocycles. The van der Waals surface area contributed by atoms with Gasteiger partial charge < -0.3 is 10.6 Å². The maximum Gasteiger partial charge on any atom is 0.416 e. The highest BCUT2D eigenvalue weighted by Gasteiger charge is 2.29. The zero-order chi connectivity index (χ0) is 13.9. The summed E-state index contributed by atoms with van der Waals surface area (Å²) in [4.78, 5) is 4.05. The highest BCUT2D eigenvalue weighted by molar-refractivity contribution is 5.80. The normalized spacial score (nSPS) is 16.3. The highest BCUT2D eigenvalue weighted by atomic mass is 19.4. The predicted molar refractivity (Wildman–Crippen MR) is 67.8 cm³/mol. The number of rotatable bonds is 3. The van der Waals surface area contributed by atoms with Gasteiger partial charge in [0.15, 0.2) is 5.96 Å². The van der Waals surface area contributed by atoms with Crippen molar-refractivity contribution in [3.8, 4) is 0 Å². The van der Waals surface area contributed by atoms with Crippen LogP contribution in [0.3, 0.4) is 0 Å². The molecule has 1 aromatic carbocycles. The van der Waals surface area contributed by atoms with Crippen molar-refractivity contribution in [2.45, 2.75) is 31.6 Å². The third-order valence-corrected chi connectivity index (χ3v) is 2.88. The van der Waals surface area contributed by atoms with Crippen LogP contribution >= 0.6 is 0 Å². The van der Waals surface area contributed by atoms with Gasteiger partial charge >= 0.3 is 6.18 Å². The van der Waals surface area contributed by atoms with Crippen molar-refractivity contribution in [2.75, 3.05) is 7.05 Å². The molecule has 0 aliphatic heterocycles. The number of benzene rings is 1. The second-order valence-electron chi connectivity index (χ2n) is 4.54. The molecule has 6 heteroatoms. The Balaban J connectivity index is 1.88. The molecule has 0 aromatic heterocycles. The molecule has 0 radical (unpaired) electrons. The maximum atomic E-state index is 12.4. The lowest BCUT2D eigenvalue weighted by Gasteiger charge is -2.12. The standard InChI is InChI=1S/C13H16F3N3/c1-17-12(19-11-6-7-11)18-8-9-2-4-10(5-3-9)13(14,15)16/h2-5,11H,6-8H2,1H3,(H2,17,18,19). The Morgan fingerprint density at radius 2 is 1.89 bits per heavy atom. The lowest BCUT2D eigenvalue weighted by molar-refractivity contribution is -0.137. The molecule has 1 aliphatic rings. The molecule has 0 spiro atoms. The van der Waals surface area contributed by atoms with Crippen LogP contribution in [0.2, 0.25) is 0 Å². The summed E-state index contributed by atoms with van der Waals surface area (Å²) in [7, 11) is 1.67. The van der Waals surface area contributed by atoms with E-state index in [2.05, 4.69) is 15.6 Å². The summed E-state index contributed by atoms with van der Waals surface area (Å²) in [5.74, 6) is 0.683. The quantitative estimate of drug-likeness (QED) is 0.654. The van der Waals surface area contributed by atoms with Crippen LogP contribution in [0.15, 0.2) is 29.3 Å². The van der Waals surface area contributed by atoms with Gasteiger partial charge in [-0.1, -0.05) is 12.1 Å². The molecule has 1 aliphatic carbocycles. The van der Waals surface area contributed by atoms with Crippen molar-refractivity contribution in [3.63, 3.8) is 0 Å². The Bertz CT molecular complexity index is 447. The Kier molecular flexibility index (Phi) is 3.97. The topological polar surface area (TPSA) is 36.4 Å². The largest absolute Gasteiger partial charge is 0.416 e. The Morgan fingerprint density at radius 3 is 2.37 bits per heavy atom. The van der Waals surface area contributed by atoms with Crippen LogP contribution in [-0.2, 0) is 12.7 Å². The van der Waals surface area contributed by atoms with Gasteiger partial charge in [-0.15, -0.1) is 0 Å². The number of nitrogens with zero attached hydrogens (tertiary/aromatic N) is 1. The van der Waals surface area contributed by atoms with E-state index in [0.717, 1.165) is 30.5 Å². The number of nitrogens with one attached hydrogen (secondary N) is 2. The number of hydrogen-bond donors (Lipinski definition) is 2. The van der Waals surface area contributed by atoms with Gasteiger partial charge in [0.05, 0.1) is 5.56 Å². The van der Waals surface area contributed by atoms with E-state index in [-0.39, 0.29) is 0 Å². The van der Waals surface area contributed by atoms with Gasteiger partial charge in [0.2, 0.25) is 0 Å². The van der Waals surface area contributed by atoms with Gasteiger partial charge in [0, 0.05) is 19.6 Å². The van der Waals surface area contributed by atoms with Crippen LogP contribution in [0.1, 0.15) is 24.0 Å². The lowest BCUT2D eigenvalue weighted by atomic mass is 10.1. The molecule has 0 atom stereocenters. The average molecular weight is 271 g/mol. The Morgan fingerprint density at radius 1 is 1.26 bits per heavy atom. The summed E-state index contributed by atoms with van der Waals surface area (Å²) >= 11 is 0. The molecule has 0 amide bonds. The van der Waals surface area contributed by atoms with Crippen molar-refractivity contribution < 1.29 is 13.2 Å². The van der Waals surface area contributed by atoms with E-state index in [1.807, 2.05) is 0 Å². The van der Waals surface area contributed by atoms with Crippen LogP contribution in [0.4, 0.5) is 13.2 Å². The van der Waals surface area contributed by atoms with E-state index < -0.39 is 11.7 Å². The van der Waals surface area contributed by atoms with E-state index in [4.69, 9.17) is 0 Å². The molecule has 0 unspecified atom stereocenters. The average Bonchev–Trinajstić information content (AvgIpc) is 3.18. The summed E-state index contributed by atoms with van der Waals surface area (Å²) < 4.78 is 37.2. The molecule has 104 valence electrons. The van der Waals surface area contributed by atoms with E-state index in [1.165, 1.54) is 12.1 Å². The van der Waals surface area contributed by atoms with E-state index in [0.29, 0.717) is 18.5 Å². The maximum absolute atomic E-state index is 12.4. The van der Waals surface area contributed by atoms with Gasteiger partial charge in [-0.05, 0) is 30.5 Å². The third kappa shape index (κ3) is 4.15. The minimum Gasteiger partial charge on any atom is -0.354 e. The van der Waals surface area contributed by atoms with Crippen molar-refractivity contribution in [2.24, 2.45) is 4.99 Å². The fourth-order valence-electron chi connectivity index (χ4n) is 1.61. The summed E-state index contributed by atoms with van der Waals surface area (Å²) in [6.45, 7) is 0.449. The molecule has 19 heavy (non-hydrogen) atoms. The molecule has 0 heterocycles. The summed E-state index contributed by atoms with van der Waals surface area (Å²) in [6, 6.07) is 5.61. The molecule has 1 fully saturated rings. The summed E-state index contributed by atoms with van der Waals surface area (Å²) in [5.41, 5.74) is 0.156. The molecular weight excluding hydrogens is 255 g/mol. The first kappa shape index (κ1) is 13.7. The first-order valence-electron chi connectivity index (χ1n) is 6.12.